The molecule has 0 amide bonds. The van der Waals surface area contributed by atoms with Crippen LogP contribution in [0.15, 0.2) is 59.6 Å². The fraction of sp³-hybridized carbons (Fsp3) is 0.286. The Labute approximate surface area is 230 Å². The molecule has 216 valence electrons. The average molecular weight is 581 g/mol. The van der Waals surface area contributed by atoms with E-state index >= 15 is 4.39 Å². The Morgan fingerprint density at radius 2 is 1.54 bits per heavy atom. The van der Waals surface area contributed by atoms with Crippen molar-refractivity contribution in [3.8, 4) is 0 Å². The minimum atomic E-state index is -4.66. The number of halogens is 7. The number of guanidine groups is 1. The molecular formula is C28H23F7N4O2. The van der Waals surface area contributed by atoms with Crippen molar-refractivity contribution in [1.29, 1.82) is 0 Å². The van der Waals surface area contributed by atoms with Gasteiger partial charge in [0.1, 0.15) is 17.3 Å². The van der Waals surface area contributed by atoms with E-state index < -0.39 is 47.0 Å². The number of rotatable bonds is 4. The first-order valence-corrected chi connectivity index (χ1v) is 12.5. The Morgan fingerprint density at radius 1 is 0.878 bits per heavy atom. The van der Waals surface area contributed by atoms with Crippen LogP contribution in [0.1, 0.15) is 23.6 Å². The first kappa shape index (κ1) is 28.2. The van der Waals surface area contributed by atoms with Crippen LogP contribution in [0, 0.1) is 23.3 Å². The highest BCUT2D eigenvalue weighted by Gasteiger charge is 2.39. The van der Waals surface area contributed by atoms with E-state index in [-0.39, 0.29) is 61.2 Å². The number of hydrogen-bond donors (Lipinski definition) is 0. The summed E-state index contributed by atoms with van der Waals surface area (Å²) in [6, 6.07) is 8.82. The van der Waals surface area contributed by atoms with E-state index in [2.05, 4.69) is 4.99 Å². The third-order valence-corrected chi connectivity index (χ3v) is 7.05. The Hall–Kier alpha value is -4.29. The molecule has 2 aliphatic rings. The molecule has 41 heavy (non-hydrogen) atoms. The van der Waals surface area contributed by atoms with Crippen molar-refractivity contribution in [2.24, 2.45) is 4.99 Å². The molecule has 1 unspecified atom stereocenters. The monoisotopic (exact) mass is 580 g/mol. The number of hydrogen-bond acceptors (Lipinski definition) is 6. The topological polar surface area (TPSA) is 48.4 Å². The smallest absolute Gasteiger partial charge is 0.416 e. The Balaban J connectivity index is 1.57. The molecule has 1 atom stereocenters. The lowest BCUT2D eigenvalue weighted by molar-refractivity contribution is -0.141. The third kappa shape index (κ3) is 5.52. The Bertz CT molecular complexity index is 1500. The van der Waals surface area contributed by atoms with Crippen molar-refractivity contribution in [3.63, 3.8) is 0 Å². The minimum absolute atomic E-state index is 0.0523. The highest BCUT2D eigenvalue weighted by molar-refractivity contribution is 6.01. The lowest BCUT2D eigenvalue weighted by Gasteiger charge is -2.45. The number of piperazine rings is 1. The zero-order valence-corrected chi connectivity index (χ0v) is 21.6. The number of methoxy groups -OCH3 is 1. The molecule has 6 nitrogen and oxygen atoms in total. The van der Waals surface area contributed by atoms with Crippen LogP contribution in [0.25, 0.3) is 0 Å². The second-order valence-electron chi connectivity index (χ2n) is 9.50. The summed E-state index contributed by atoms with van der Waals surface area (Å²) in [6.45, 7) is 0.426. The van der Waals surface area contributed by atoms with Gasteiger partial charge in [-0.2, -0.15) is 13.2 Å². The standard InChI is InChI=1S/C28H23F7N4O2/c1-41-25(40)15-23-18-6-3-7-19(29)26(18)36-27(39(23)17-5-2-4-16(12-17)28(33,34)35)38-10-8-37(9-11-38)24-14-21(31)20(30)13-22(24)32/h2-7,12-14,23H,8-11,15H2,1H3. The van der Waals surface area contributed by atoms with Crippen LogP contribution in [0.4, 0.5) is 47.8 Å². The summed E-state index contributed by atoms with van der Waals surface area (Å²) in [4.78, 5) is 21.6. The third-order valence-electron chi connectivity index (χ3n) is 7.05. The number of fused-ring (bicyclic) bond motifs is 1. The molecule has 3 aromatic rings. The fourth-order valence-electron chi connectivity index (χ4n) is 5.05. The van der Waals surface area contributed by atoms with Crippen molar-refractivity contribution in [3.05, 3.63) is 89.0 Å². The van der Waals surface area contributed by atoms with Gasteiger partial charge < -0.3 is 19.4 Å². The zero-order chi connectivity index (χ0) is 29.5. The molecule has 5 rings (SSSR count). The SMILES string of the molecule is COC(=O)CC1c2cccc(F)c2N=C(N2CCN(c3cc(F)c(F)cc3F)CC2)N1c1cccc(C(F)(F)F)c1. The number of aliphatic imine (C=N–C) groups is 1. The molecule has 2 heterocycles. The predicted octanol–water partition coefficient (Wildman–Crippen LogP) is 6.20. The minimum Gasteiger partial charge on any atom is -0.469 e. The first-order chi connectivity index (χ1) is 19.5. The van der Waals surface area contributed by atoms with Gasteiger partial charge >= 0.3 is 12.1 Å². The summed E-state index contributed by atoms with van der Waals surface area (Å²) in [5.74, 6) is -4.79. The molecule has 0 N–H and O–H groups in total. The molecule has 2 aliphatic heterocycles. The average Bonchev–Trinajstić information content (AvgIpc) is 2.95. The van der Waals surface area contributed by atoms with E-state index in [1.807, 2.05) is 0 Å². The van der Waals surface area contributed by atoms with Gasteiger partial charge in [0.2, 0.25) is 5.96 Å². The van der Waals surface area contributed by atoms with Gasteiger partial charge in [-0.3, -0.25) is 4.79 Å². The fourth-order valence-corrected chi connectivity index (χ4v) is 5.05. The molecule has 0 radical (unpaired) electrons. The maximum absolute atomic E-state index is 15.0. The summed E-state index contributed by atoms with van der Waals surface area (Å²) in [6.07, 6.45) is -4.99. The van der Waals surface area contributed by atoms with Crippen LogP contribution in [-0.4, -0.2) is 50.1 Å². The van der Waals surface area contributed by atoms with Gasteiger partial charge in [-0.05, 0) is 24.3 Å². The molecular weight excluding hydrogens is 557 g/mol. The van der Waals surface area contributed by atoms with Crippen LogP contribution in [0.3, 0.4) is 0 Å². The number of nitrogens with zero attached hydrogens (tertiary/aromatic N) is 4. The molecule has 3 aromatic carbocycles. The van der Waals surface area contributed by atoms with Crippen molar-refractivity contribution in [1.82, 2.24) is 4.90 Å². The lowest BCUT2D eigenvalue weighted by Crippen LogP contribution is -2.55. The number of carbonyl (C=O) groups excluding carboxylic acids is 1. The van der Waals surface area contributed by atoms with Crippen molar-refractivity contribution < 1.29 is 40.3 Å². The predicted molar refractivity (Wildman–Crippen MR) is 137 cm³/mol. The van der Waals surface area contributed by atoms with Gasteiger partial charge in [0.25, 0.3) is 0 Å². The molecule has 13 heteroatoms. The molecule has 0 bridgehead atoms. The van der Waals surface area contributed by atoms with E-state index in [9.17, 15) is 31.1 Å². The van der Waals surface area contributed by atoms with Gasteiger partial charge in [0.05, 0.1) is 30.8 Å². The first-order valence-electron chi connectivity index (χ1n) is 12.5. The van der Waals surface area contributed by atoms with Crippen LogP contribution < -0.4 is 9.80 Å². The number of anilines is 2. The molecule has 0 spiro atoms. The zero-order valence-electron chi connectivity index (χ0n) is 21.6. The van der Waals surface area contributed by atoms with Gasteiger partial charge in [0.15, 0.2) is 11.6 Å². The number of ether oxygens (including phenoxy) is 1. The molecule has 0 aliphatic carbocycles. The Kier molecular flexibility index (Phi) is 7.54. The normalized spacial score (nSPS) is 17.3. The van der Waals surface area contributed by atoms with E-state index in [1.54, 1.807) is 4.90 Å². The molecule has 1 saturated heterocycles. The summed E-state index contributed by atoms with van der Waals surface area (Å²) in [5, 5.41) is 0. The van der Waals surface area contributed by atoms with Gasteiger partial charge in [-0.15, -0.1) is 0 Å². The highest BCUT2D eigenvalue weighted by Crippen LogP contribution is 2.43. The van der Waals surface area contributed by atoms with Crippen molar-refractivity contribution in [2.75, 3.05) is 43.1 Å². The second-order valence-corrected chi connectivity index (χ2v) is 9.50. The van der Waals surface area contributed by atoms with E-state index in [0.29, 0.717) is 6.07 Å². The summed E-state index contributed by atoms with van der Waals surface area (Å²) < 4.78 is 103. The van der Waals surface area contributed by atoms with E-state index in [0.717, 1.165) is 25.3 Å². The van der Waals surface area contributed by atoms with Crippen LogP contribution in [-0.2, 0) is 15.7 Å². The Morgan fingerprint density at radius 3 is 2.22 bits per heavy atom. The van der Waals surface area contributed by atoms with E-state index in [4.69, 9.17) is 4.74 Å². The highest BCUT2D eigenvalue weighted by atomic mass is 19.4. The molecule has 0 saturated carbocycles. The second kappa shape index (κ2) is 10.9. The van der Waals surface area contributed by atoms with Crippen LogP contribution in [0.5, 0.6) is 0 Å². The van der Waals surface area contributed by atoms with Gasteiger partial charge in [0, 0.05) is 49.6 Å². The maximum atomic E-state index is 15.0. The number of benzene rings is 3. The summed E-state index contributed by atoms with van der Waals surface area (Å²) >= 11 is 0. The maximum Gasteiger partial charge on any atom is 0.416 e. The van der Waals surface area contributed by atoms with Gasteiger partial charge in [-0.1, -0.05) is 18.2 Å². The largest absolute Gasteiger partial charge is 0.469 e. The quantitative estimate of drug-likeness (QED) is 0.209. The van der Waals surface area contributed by atoms with E-state index in [1.165, 1.54) is 40.1 Å². The summed E-state index contributed by atoms with van der Waals surface area (Å²) in [5.41, 5.74) is -0.831. The van der Waals surface area contributed by atoms with Crippen LogP contribution >= 0.6 is 0 Å². The number of esters is 1. The molecule has 0 aromatic heterocycles. The molecule has 1 fully saturated rings. The van der Waals surface area contributed by atoms with Crippen molar-refractivity contribution >= 4 is 29.0 Å². The van der Waals surface area contributed by atoms with Crippen LogP contribution in [0.2, 0.25) is 0 Å². The number of alkyl halides is 3. The number of carbonyl (C=O) groups is 1. The number of para-hydroxylation sites is 1. The van der Waals surface area contributed by atoms with Gasteiger partial charge in [-0.25, -0.2) is 22.6 Å². The summed E-state index contributed by atoms with van der Waals surface area (Å²) in [7, 11) is 1.16. The van der Waals surface area contributed by atoms with Crippen molar-refractivity contribution in [2.45, 2.75) is 18.6 Å². The lowest BCUT2D eigenvalue weighted by atomic mass is 9.97.